The van der Waals surface area contributed by atoms with Crippen molar-refractivity contribution in [3.05, 3.63) is 47.9 Å². The molecular weight excluding hydrogens is 350 g/mol. The summed E-state index contributed by atoms with van der Waals surface area (Å²) in [6.45, 7) is 2.34. The van der Waals surface area contributed by atoms with Crippen molar-refractivity contribution < 1.29 is 9.47 Å². The Labute approximate surface area is 153 Å². The standard InChI is InChI=1S/C18H15N5O2S/c1-11-7-13-16(20-18(21-17(13)26-11)23-6-5-19-9-23)22(2)12-3-4-14-15(8-12)25-10-24-14/h3-9H,10H2,1-2H3. The van der Waals surface area contributed by atoms with E-state index >= 15 is 0 Å². The highest BCUT2D eigenvalue weighted by Gasteiger charge is 2.19. The molecule has 1 aliphatic rings. The Morgan fingerprint density at radius 3 is 2.88 bits per heavy atom. The molecular formula is C18H15N5O2S. The fourth-order valence-electron chi connectivity index (χ4n) is 2.98. The number of ether oxygens (including phenoxy) is 2. The van der Waals surface area contributed by atoms with Gasteiger partial charge in [0.25, 0.3) is 0 Å². The van der Waals surface area contributed by atoms with E-state index in [4.69, 9.17) is 19.4 Å². The van der Waals surface area contributed by atoms with Gasteiger partial charge in [-0.3, -0.25) is 4.57 Å². The lowest BCUT2D eigenvalue weighted by Crippen LogP contribution is -2.13. The second-order valence-electron chi connectivity index (χ2n) is 5.99. The van der Waals surface area contributed by atoms with Gasteiger partial charge in [-0.1, -0.05) is 0 Å². The third-order valence-electron chi connectivity index (χ3n) is 4.28. The first-order chi connectivity index (χ1) is 12.7. The van der Waals surface area contributed by atoms with Crippen molar-refractivity contribution in [2.45, 2.75) is 6.92 Å². The quantitative estimate of drug-likeness (QED) is 0.552. The summed E-state index contributed by atoms with van der Waals surface area (Å²) in [4.78, 5) is 17.8. The van der Waals surface area contributed by atoms with E-state index in [0.717, 1.165) is 33.2 Å². The molecule has 0 unspecified atom stereocenters. The van der Waals surface area contributed by atoms with E-state index in [9.17, 15) is 0 Å². The number of anilines is 2. The summed E-state index contributed by atoms with van der Waals surface area (Å²) in [5.74, 6) is 2.94. The first kappa shape index (κ1) is 15.2. The van der Waals surface area contributed by atoms with Crippen molar-refractivity contribution in [3.63, 3.8) is 0 Å². The van der Waals surface area contributed by atoms with Gasteiger partial charge in [0.2, 0.25) is 12.7 Å². The summed E-state index contributed by atoms with van der Waals surface area (Å²) < 4.78 is 12.7. The number of thiophene rings is 1. The molecule has 4 aromatic rings. The lowest BCUT2D eigenvalue weighted by atomic mass is 10.2. The highest BCUT2D eigenvalue weighted by atomic mass is 32.1. The average molecular weight is 365 g/mol. The summed E-state index contributed by atoms with van der Waals surface area (Å²) in [6, 6.07) is 8.00. The summed E-state index contributed by atoms with van der Waals surface area (Å²) in [6.07, 6.45) is 5.26. The number of aryl methyl sites for hydroxylation is 1. The van der Waals surface area contributed by atoms with Crippen molar-refractivity contribution in [1.29, 1.82) is 0 Å². The van der Waals surface area contributed by atoms with Crippen LogP contribution in [-0.2, 0) is 0 Å². The van der Waals surface area contributed by atoms with Crippen LogP contribution in [0.2, 0.25) is 0 Å². The lowest BCUT2D eigenvalue weighted by molar-refractivity contribution is 0.174. The maximum atomic E-state index is 5.51. The zero-order valence-corrected chi connectivity index (χ0v) is 15.0. The first-order valence-corrected chi connectivity index (χ1v) is 8.90. The minimum atomic E-state index is 0.259. The number of benzene rings is 1. The number of nitrogens with zero attached hydrogens (tertiary/aromatic N) is 5. The number of hydrogen-bond acceptors (Lipinski definition) is 7. The molecule has 3 aromatic heterocycles. The van der Waals surface area contributed by atoms with E-state index in [2.05, 4.69) is 18.0 Å². The molecule has 0 amide bonds. The van der Waals surface area contributed by atoms with Gasteiger partial charge in [0.05, 0.1) is 5.39 Å². The highest BCUT2D eigenvalue weighted by Crippen LogP contribution is 2.39. The molecule has 0 saturated carbocycles. The van der Waals surface area contributed by atoms with Crippen LogP contribution >= 0.6 is 11.3 Å². The molecule has 0 fully saturated rings. The van der Waals surface area contributed by atoms with E-state index in [1.54, 1.807) is 23.9 Å². The summed E-state index contributed by atoms with van der Waals surface area (Å²) >= 11 is 1.65. The van der Waals surface area contributed by atoms with Crippen LogP contribution in [0.15, 0.2) is 43.0 Å². The Morgan fingerprint density at radius 1 is 1.15 bits per heavy atom. The highest BCUT2D eigenvalue weighted by molar-refractivity contribution is 7.18. The minimum Gasteiger partial charge on any atom is -0.454 e. The van der Waals surface area contributed by atoms with Gasteiger partial charge in [-0.25, -0.2) is 9.97 Å². The van der Waals surface area contributed by atoms with Gasteiger partial charge in [-0.15, -0.1) is 11.3 Å². The predicted molar refractivity (Wildman–Crippen MR) is 99.9 cm³/mol. The van der Waals surface area contributed by atoms with Gasteiger partial charge in [0, 0.05) is 36.1 Å². The number of fused-ring (bicyclic) bond motifs is 2. The van der Waals surface area contributed by atoms with Gasteiger partial charge in [-0.2, -0.15) is 4.98 Å². The van der Waals surface area contributed by atoms with Crippen LogP contribution in [0.4, 0.5) is 11.5 Å². The molecule has 0 N–H and O–H groups in total. The Morgan fingerprint density at radius 2 is 2.04 bits per heavy atom. The molecule has 4 heterocycles. The minimum absolute atomic E-state index is 0.259. The topological polar surface area (TPSA) is 65.3 Å². The molecule has 5 rings (SSSR count). The number of imidazole rings is 1. The molecule has 0 spiro atoms. The van der Waals surface area contributed by atoms with Crippen molar-refractivity contribution in [2.75, 3.05) is 18.7 Å². The van der Waals surface area contributed by atoms with E-state index in [1.165, 1.54) is 4.88 Å². The van der Waals surface area contributed by atoms with Gasteiger partial charge < -0.3 is 14.4 Å². The van der Waals surface area contributed by atoms with E-state index in [0.29, 0.717) is 5.95 Å². The molecule has 130 valence electrons. The Bertz CT molecular complexity index is 1110. The van der Waals surface area contributed by atoms with Crippen LogP contribution in [0, 0.1) is 6.92 Å². The van der Waals surface area contributed by atoms with Crippen LogP contribution in [0.3, 0.4) is 0 Å². The van der Waals surface area contributed by atoms with Crippen LogP contribution in [-0.4, -0.2) is 33.4 Å². The molecule has 8 heteroatoms. The van der Waals surface area contributed by atoms with Gasteiger partial charge in [0.15, 0.2) is 11.5 Å². The van der Waals surface area contributed by atoms with E-state index < -0.39 is 0 Å². The second-order valence-corrected chi connectivity index (χ2v) is 7.22. The normalized spacial score (nSPS) is 12.7. The largest absolute Gasteiger partial charge is 0.454 e. The van der Waals surface area contributed by atoms with Gasteiger partial charge >= 0.3 is 0 Å². The average Bonchev–Trinajstić information content (AvgIpc) is 3.38. The number of rotatable bonds is 3. The summed E-state index contributed by atoms with van der Waals surface area (Å²) in [5, 5.41) is 1.02. The lowest BCUT2D eigenvalue weighted by Gasteiger charge is -2.20. The predicted octanol–water partition coefficient (Wildman–Crippen LogP) is 3.68. The maximum Gasteiger partial charge on any atom is 0.238 e. The molecule has 0 saturated heterocycles. The maximum absolute atomic E-state index is 5.51. The zero-order valence-electron chi connectivity index (χ0n) is 14.2. The monoisotopic (exact) mass is 365 g/mol. The smallest absolute Gasteiger partial charge is 0.238 e. The van der Waals surface area contributed by atoms with Gasteiger partial charge in [0.1, 0.15) is 17.0 Å². The fourth-order valence-corrected chi connectivity index (χ4v) is 3.85. The Kier molecular flexibility index (Phi) is 3.32. The molecule has 1 aromatic carbocycles. The van der Waals surface area contributed by atoms with Crippen LogP contribution in [0.25, 0.3) is 16.2 Å². The Hall–Kier alpha value is -3.13. The van der Waals surface area contributed by atoms with E-state index in [1.807, 2.05) is 40.9 Å². The Balaban J connectivity index is 1.67. The van der Waals surface area contributed by atoms with Crippen LogP contribution in [0.5, 0.6) is 11.5 Å². The molecule has 0 bridgehead atoms. The molecule has 1 aliphatic heterocycles. The molecule has 0 aliphatic carbocycles. The third kappa shape index (κ3) is 2.38. The number of hydrogen-bond donors (Lipinski definition) is 0. The zero-order chi connectivity index (χ0) is 17.7. The SMILES string of the molecule is Cc1cc2c(N(C)c3ccc4c(c3)OCO4)nc(-n3ccnc3)nc2s1. The van der Waals surface area contributed by atoms with Crippen molar-refractivity contribution in [1.82, 2.24) is 19.5 Å². The first-order valence-electron chi connectivity index (χ1n) is 8.09. The van der Waals surface area contributed by atoms with E-state index in [-0.39, 0.29) is 6.79 Å². The fraction of sp³-hybridized carbons (Fsp3) is 0.167. The molecule has 0 atom stereocenters. The third-order valence-corrected chi connectivity index (χ3v) is 5.22. The number of aromatic nitrogens is 4. The van der Waals surface area contributed by atoms with Crippen LogP contribution in [0.1, 0.15) is 4.88 Å². The van der Waals surface area contributed by atoms with Crippen molar-refractivity contribution in [2.24, 2.45) is 0 Å². The van der Waals surface area contributed by atoms with Crippen molar-refractivity contribution in [3.8, 4) is 17.4 Å². The van der Waals surface area contributed by atoms with Crippen LogP contribution < -0.4 is 14.4 Å². The summed E-state index contributed by atoms with van der Waals surface area (Å²) in [7, 11) is 1.99. The van der Waals surface area contributed by atoms with Crippen molar-refractivity contribution >= 4 is 33.1 Å². The molecule has 7 nitrogen and oxygen atoms in total. The van der Waals surface area contributed by atoms with Gasteiger partial charge in [-0.05, 0) is 25.1 Å². The second kappa shape index (κ2) is 5.70. The molecule has 26 heavy (non-hydrogen) atoms. The summed E-state index contributed by atoms with van der Waals surface area (Å²) in [5.41, 5.74) is 0.967. The molecule has 0 radical (unpaired) electrons.